The molecule has 1 saturated heterocycles. The van der Waals surface area contributed by atoms with Crippen molar-refractivity contribution in [3.63, 3.8) is 0 Å². The maximum atomic E-state index is 11.8. The van der Waals surface area contributed by atoms with Gasteiger partial charge in [-0.2, -0.15) is 0 Å². The fourth-order valence-electron chi connectivity index (χ4n) is 2.24. The maximum Gasteiger partial charge on any atom is 0.410 e. The van der Waals surface area contributed by atoms with E-state index in [1.807, 2.05) is 13.8 Å². The summed E-state index contributed by atoms with van der Waals surface area (Å²) in [5.74, 6) is 0.705. The van der Waals surface area contributed by atoms with Crippen LogP contribution in [-0.2, 0) is 4.74 Å². The lowest BCUT2D eigenvalue weighted by Gasteiger charge is -2.38. The molecule has 0 saturated carbocycles. The van der Waals surface area contributed by atoms with Gasteiger partial charge in [0.25, 0.3) is 0 Å². The minimum atomic E-state index is -0.208. The van der Waals surface area contributed by atoms with Crippen molar-refractivity contribution in [3.8, 4) is 0 Å². The first-order chi connectivity index (χ1) is 7.58. The number of hydrogen-bond acceptors (Lipinski definition) is 3. The first kappa shape index (κ1) is 13.3. The van der Waals surface area contributed by atoms with E-state index in [1.54, 1.807) is 4.90 Å². The summed E-state index contributed by atoms with van der Waals surface area (Å²) in [4.78, 5) is 13.6. The lowest BCUT2D eigenvalue weighted by Crippen LogP contribution is -2.50. The fraction of sp³-hybridized carbons (Fsp3) is 0.917. The third-order valence-corrected chi connectivity index (χ3v) is 3.24. The number of carbonyl (C=O) groups excluding carboxylic acids is 1. The monoisotopic (exact) mass is 228 g/mol. The summed E-state index contributed by atoms with van der Waals surface area (Å²) in [5, 5.41) is 0. The number of ether oxygens (including phenoxy) is 1. The number of nitrogens with two attached hydrogens (primary N) is 1. The van der Waals surface area contributed by atoms with E-state index in [4.69, 9.17) is 10.5 Å². The summed E-state index contributed by atoms with van der Waals surface area (Å²) in [6.45, 7) is 7.25. The molecule has 0 aromatic carbocycles. The normalized spacial score (nSPS) is 25.9. The van der Waals surface area contributed by atoms with Crippen molar-refractivity contribution in [2.75, 3.05) is 13.1 Å². The van der Waals surface area contributed by atoms with Crippen LogP contribution in [0.3, 0.4) is 0 Å². The molecule has 4 heteroatoms. The van der Waals surface area contributed by atoms with Crippen LogP contribution in [0.1, 0.15) is 40.0 Å². The Bertz CT molecular complexity index is 231. The van der Waals surface area contributed by atoms with Gasteiger partial charge in [0.15, 0.2) is 0 Å². The van der Waals surface area contributed by atoms with Gasteiger partial charge in [-0.05, 0) is 32.6 Å². The van der Waals surface area contributed by atoms with Crippen LogP contribution in [0.25, 0.3) is 0 Å². The zero-order valence-corrected chi connectivity index (χ0v) is 10.6. The molecule has 1 rings (SSSR count). The van der Waals surface area contributed by atoms with Crippen molar-refractivity contribution < 1.29 is 9.53 Å². The van der Waals surface area contributed by atoms with Crippen LogP contribution in [0.15, 0.2) is 0 Å². The minimum Gasteiger partial charge on any atom is -0.447 e. The highest BCUT2D eigenvalue weighted by atomic mass is 16.6. The first-order valence-corrected chi connectivity index (χ1v) is 6.25. The summed E-state index contributed by atoms with van der Waals surface area (Å²) in [6.07, 6.45) is 2.99. The zero-order chi connectivity index (χ0) is 12.1. The van der Waals surface area contributed by atoms with Gasteiger partial charge in [-0.3, -0.25) is 0 Å². The van der Waals surface area contributed by atoms with E-state index in [2.05, 4.69) is 6.92 Å². The predicted octanol–water partition coefficient (Wildman–Crippen LogP) is 1.98. The third kappa shape index (κ3) is 3.37. The SMILES string of the molecule is CCC1CCN(C(=O)OC(C)C)C(CN)C1. The number of piperidine rings is 1. The quantitative estimate of drug-likeness (QED) is 0.803. The Labute approximate surface area is 98.1 Å². The van der Waals surface area contributed by atoms with E-state index < -0.39 is 0 Å². The van der Waals surface area contributed by atoms with Crippen molar-refractivity contribution >= 4 is 6.09 Å². The van der Waals surface area contributed by atoms with Crippen LogP contribution >= 0.6 is 0 Å². The van der Waals surface area contributed by atoms with Gasteiger partial charge < -0.3 is 15.4 Å². The molecule has 4 nitrogen and oxygen atoms in total. The molecule has 94 valence electrons. The molecule has 1 heterocycles. The summed E-state index contributed by atoms with van der Waals surface area (Å²) >= 11 is 0. The van der Waals surface area contributed by atoms with E-state index in [1.165, 1.54) is 6.42 Å². The molecule has 0 aliphatic carbocycles. The Morgan fingerprint density at radius 3 is 2.75 bits per heavy atom. The van der Waals surface area contributed by atoms with E-state index in [0.717, 1.165) is 19.4 Å². The highest BCUT2D eigenvalue weighted by Crippen LogP contribution is 2.25. The number of likely N-dealkylation sites (tertiary alicyclic amines) is 1. The molecule has 0 radical (unpaired) electrons. The van der Waals surface area contributed by atoms with Gasteiger partial charge in [0.2, 0.25) is 0 Å². The summed E-state index contributed by atoms with van der Waals surface area (Å²) in [5.41, 5.74) is 5.73. The van der Waals surface area contributed by atoms with Gasteiger partial charge in [-0.1, -0.05) is 13.3 Å². The number of amides is 1. The highest BCUT2D eigenvalue weighted by Gasteiger charge is 2.31. The highest BCUT2D eigenvalue weighted by molar-refractivity contribution is 5.68. The second kappa shape index (κ2) is 6.09. The van der Waals surface area contributed by atoms with Gasteiger partial charge in [0.1, 0.15) is 0 Å². The average molecular weight is 228 g/mol. The van der Waals surface area contributed by atoms with E-state index in [9.17, 15) is 4.79 Å². The zero-order valence-electron chi connectivity index (χ0n) is 10.6. The van der Waals surface area contributed by atoms with Crippen LogP contribution in [-0.4, -0.2) is 36.2 Å². The van der Waals surface area contributed by atoms with Gasteiger partial charge in [0.05, 0.1) is 6.10 Å². The average Bonchev–Trinajstić information content (AvgIpc) is 2.27. The second-order valence-corrected chi connectivity index (χ2v) is 4.81. The molecular weight excluding hydrogens is 204 g/mol. The first-order valence-electron chi connectivity index (χ1n) is 6.25. The molecule has 16 heavy (non-hydrogen) atoms. The molecular formula is C12H24N2O2. The molecule has 1 aliphatic rings. The number of carbonyl (C=O) groups is 1. The van der Waals surface area contributed by atoms with Crippen LogP contribution in [0.5, 0.6) is 0 Å². The number of nitrogens with zero attached hydrogens (tertiary/aromatic N) is 1. The Kier molecular flexibility index (Phi) is 5.06. The smallest absolute Gasteiger partial charge is 0.410 e. The Hall–Kier alpha value is -0.770. The Balaban J connectivity index is 2.55. The number of hydrogen-bond donors (Lipinski definition) is 1. The van der Waals surface area contributed by atoms with Gasteiger partial charge in [-0.15, -0.1) is 0 Å². The van der Waals surface area contributed by atoms with Crippen molar-refractivity contribution in [2.24, 2.45) is 11.7 Å². The van der Waals surface area contributed by atoms with Gasteiger partial charge in [0, 0.05) is 19.1 Å². The van der Waals surface area contributed by atoms with Crippen molar-refractivity contribution in [3.05, 3.63) is 0 Å². The van der Waals surface area contributed by atoms with Gasteiger partial charge >= 0.3 is 6.09 Å². The number of rotatable bonds is 3. The van der Waals surface area contributed by atoms with E-state index in [-0.39, 0.29) is 18.2 Å². The minimum absolute atomic E-state index is 0.0603. The molecule has 1 fully saturated rings. The molecule has 0 aromatic heterocycles. The van der Waals surface area contributed by atoms with E-state index >= 15 is 0 Å². The Morgan fingerprint density at radius 2 is 2.25 bits per heavy atom. The Morgan fingerprint density at radius 1 is 1.56 bits per heavy atom. The molecule has 0 aromatic rings. The maximum absolute atomic E-state index is 11.8. The predicted molar refractivity (Wildman–Crippen MR) is 64.2 cm³/mol. The molecule has 2 unspecified atom stereocenters. The van der Waals surface area contributed by atoms with Crippen LogP contribution in [0, 0.1) is 5.92 Å². The third-order valence-electron chi connectivity index (χ3n) is 3.24. The van der Waals surface area contributed by atoms with Crippen LogP contribution in [0.4, 0.5) is 4.79 Å². The van der Waals surface area contributed by atoms with E-state index in [0.29, 0.717) is 12.5 Å². The lowest BCUT2D eigenvalue weighted by atomic mass is 9.89. The second-order valence-electron chi connectivity index (χ2n) is 4.81. The largest absolute Gasteiger partial charge is 0.447 e. The standard InChI is InChI=1S/C12H24N2O2/c1-4-10-5-6-14(11(7-10)8-13)12(15)16-9(2)3/h9-11H,4-8,13H2,1-3H3. The molecule has 1 amide bonds. The van der Waals surface area contributed by atoms with Crippen LogP contribution < -0.4 is 5.73 Å². The molecule has 1 aliphatic heterocycles. The molecule has 2 atom stereocenters. The van der Waals surface area contributed by atoms with Crippen molar-refractivity contribution in [1.82, 2.24) is 4.90 Å². The lowest BCUT2D eigenvalue weighted by molar-refractivity contribution is 0.0451. The van der Waals surface area contributed by atoms with Gasteiger partial charge in [-0.25, -0.2) is 4.79 Å². The summed E-state index contributed by atoms with van der Waals surface area (Å²) in [7, 11) is 0. The summed E-state index contributed by atoms with van der Waals surface area (Å²) < 4.78 is 5.22. The molecule has 0 spiro atoms. The van der Waals surface area contributed by atoms with Crippen molar-refractivity contribution in [1.29, 1.82) is 0 Å². The summed E-state index contributed by atoms with van der Waals surface area (Å²) in [6, 6.07) is 0.157. The molecule has 2 N–H and O–H groups in total. The topological polar surface area (TPSA) is 55.6 Å². The van der Waals surface area contributed by atoms with Crippen molar-refractivity contribution in [2.45, 2.75) is 52.2 Å². The van der Waals surface area contributed by atoms with Crippen LogP contribution in [0.2, 0.25) is 0 Å². The fourth-order valence-corrected chi connectivity index (χ4v) is 2.24. The molecule has 0 bridgehead atoms.